The molecule has 0 aliphatic heterocycles. The molecule has 0 heterocycles. The fourth-order valence-electron chi connectivity index (χ4n) is 3.83. The van der Waals surface area contributed by atoms with E-state index in [1.807, 2.05) is 0 Å². The molecule has 0 spiro atoms. The molecule has 1 fully saturated rings. The maximum absolute atomic E-state index is 14.4. The summed E-state index contributed by atoms with van der Waals surface area (Å²) in [7, 11) is 0. The number of carbonyl (C=O) groups is 1. The Hall–Kier alpha value is -2.37. The summed E-state index contributed by atoms with van der Waals surface area (Å²) in [5.41, 5.74) is -0.995. The Morgan fingerprint density at radius 3 is 2.37 bits per heavy atom. The summed E-state index contributed by atoms with van der Waals surface area (Å²) >= 11 is 0. The van der Waals surface area contributed by atoms with Crippen LogP contribution in [0.2, 0.25) is 0 Å². The third-order valence-corrected chi connectivity index (χ3v) is 5.24. The highest BCUT2D eigenvalue weighted by molar-refractivity contribution is 5.88. The van der Waals surface area contributed by atoms with Crippen LogP contribution in [0.4, 0.5) is 17.6 Å². The summed E-state index contributed by atoms with van der Waals surface area (Å²) in [6.45, 7) is -0.0288. The van der Waals surface area contributed by atoms with Crippen molar-refractivity contribution in [2.75, 3.05) is 0 Å². The Labute approximate surface area is 155 Å². The first-order chi connectivity index (χ1) is 12.8. The molecule has 27 heavy (non-hydrogen) atoms. The van der Waals surface area contributed by atoms with Crippen molar-refractivity contribution < 1.29 is 22.4 Å². The monoisotopic (exact) mass is 379 g/mol. The maximum Gasteiger partial charge on any atom is 0.416 e. The topological polar surface area (TPSA) is 29.1 Å². The predicted octanol–water partition coefficient (Wildman–Crippen LogP) is 5.36. The molecule has 3 rings (SSSR count). The van der Waals surface area contributed by atoms with Crippen molar-refractivity contribution in [2.45, 2.75) is 50.2 Å². The minimum Gasteiger partial charge on any atom is -0.351 e. The van der Waals surface area contributed by atoms with E-state index in [1.165, 1.54) is 18.2 Å². The van der Waals surface area contributed by atoms with Crippen LogP contribution in [0.5, 0.6) is 0 Å². The molecule has 0 atom stereocenters. The van der Waals surface area contributed by atoms with Crippen LogP contribution in [-0.4, -0.2) is 5.91 Å². The predicted molar refractivity (Wildman–Crippen MR) is 94.5 cm³/mol. The zero-order valence-corrected chi connectivity index (χ0v) is 14.8. The number of amides is 1. The molecule has 0 saturated heterocycles. The normalized spacial score (nSPS) is 16.7. The van der Waals surface area contributed by atoms with Gasteiger partial charge in [-0.05, 0) is 36.6 Å². The molecule has 0 radical (unpaired) electrons. The lowest BCUT2D eigenvalue weighted by Gasteiger charge is -2.36. The highest BCUT2D eigenvalue weighted by atomic mass is 19.4. The summed E-state index contributed by atoms with van der Waals surface area (Å²) in [6.07, 6.45) is -0.768. The molecule has 2 nitrogen and oxygen atoms in total. The summed E-state index contributed by atoms with van der Waals surface area (Å²) in [6, 6.07) is 11.1. The average Bonchev–Trinajstić information content (AvgIpc) is 2.66. The first-order valence-corrected chi connectivity index (χ1v) is 9.02. The van der Waals surface area contributed by atoms with E-state index in [0.29, 0.717) is 24.0 Å². The molecule has 2 aromatic rings. The highest BCUT2D eigenvalue weighted by Crippen LogP contribution is 2.41. The van der Waals surface area contributed by atoms with Crippen LogP contribution in [0.15, 0.2) is 48.5 Å². The summed E-state index contributed by atoms with van der Waals surface area (Å²) < 4.78 is 53.0. The van der Waals surface area contributed by atoms with Gasteiger partial charge in [-0.25, -0.2) is 4.39 Å². The third kappa shape index (κ3) is 4.15. The van der Waals surface area contributed by atoms with Gasteiger partial charge in [0.25, 0.3) is 0 Å². The minimum atomic E-state index is -4.43. The molecule has 1 amide bonds. The maximum atomic E-state index is 14.4. The van der Waals surface area contributed by atoms with Crippen molar-refractivity contribution in [2.24, 2.45) is 0 Å². The molecular formula is C21H21F4NO. The molecule has 2 aromatic carbocycles. The van der Waals surface area contributed by atoms with Gasteiger partial charge in [-0.3, -0.25) is 4.79 Å². The van der Waals surface area contributed by atoms with E-state index in [0.717, 1.165) is 31.4 Å². The summed E-state index contributed by atoms with van der Waals surface area (Å²) in [5.74, 6) is -0.752. The van der Waals surface area contributed by atoms with Crippen molar-refractivity contribution in [3.63, 3.8) is 0 Å². The molecule has 6 heteroatoms. The molecule has 1 N–H and O–H groups in total. The Balaban J connectivity index is 1.81. The lowest BCUT2D eigenvalue weighted by atomic mass is 9.68. The molecule has 144 valence electrons. The summed E-state index contributed by atoms with van der Waals surface area (Å²) in [4.78, 5) is 13.0. The van der Waals surface area contributed by atoms with Crippen LogP contribution >= 0.6 is 0 Å². The minimum absolute atomic E-state index is 0.0288. The van der Waals surface area contributed by atoms with Gasteiger partial charge >= 0.3 is 6.18 Å². The van der Waals surface area contributed by atoms with Crippen molar-refractivity contribution >= 4 is 5.91 Å². The van der Waals surface area contributed by atoms with Gasteiger partial charge < -0.3 is 5.32 Å². The van der Waals surface area contributed by atoms with E-state index < -0.39 is 23.0 Å². The first-order valence-electron chi connectivity index (χ1n) is 9.02. The Bertz CT molecular complexity index is 810. The second kappa shape index (κ2) is 7.71. The first kappa shape index (κ1) is 19.4. The van der Waals surface area contributed by atoms with Crippen molar-refractivity contribution in [3.8, 4) is 0 Å². The number of hydrogen-bond donors (Lipinski definition) is 1. The zero-order valence-electron chi connectivity index (χ0n) is 14.8. The third-order valence-electron chi connectivity index (χ3n) is 5.24. The van der Waals surface area contributed by atoms with Crippen LogP contribution in [0.3, 0.4) is 0 Å². The van der Waals surface area contributed by atoms with Crippen molar-refractivity contribution in [1.82, 2.24) is 5.32 Å². The number of nitrogens with one attached hydrogen (secondary N) is 1. The summed E-state index contributed by atoms with van der Waals surface area (Å²) in [5, 5.41) is 2.74. The largest absolute Gasteiger partial charge is 0.416 e. The number of rotatable bonds is 4. The molecule has 1 saturated carbocycles. The van der Waals surface area contributed by atoms with Gasteiger partial charge in [0.15, 0.2) is 0 Å². The van der Waals surface area contributed by atoms with Gasteiger partial charge in [0.05, 0.1) is 11.0 Å². The van der Waals surface area contributed by atoms with Gasteiger partial charge in [-0.15, -0.1) is 0 Å². The van der Waals surface area contributed by atoms with E-state index in [2.05, 4.69) is 5.32 Å². The SMILES string of the molecule is O=C(NCc1cccc(C(F)(F)F)c1)C1(c2ccccc2F)CCCCC1. The number of halogens is 4. The van der Waals surface area contributed by atoms with Gasteiger partial charge in [0, 0.05) is 12.1 Å². The Kier molecular flexibility index (Phi) is 5.53. The highest BCUT2D eigenvalue weighted by Gasteiger charge is 2.42. The second-order valence-electron chi connectivity index (χ2n) is 7.00. The van der Waals surface area contributed by atoms with E-state index >= 15 is 0 Å². The zero-order chi connectivity index (χ0) is 19.5. The molecule has 0 bridgehead atoms. The lowest BCUT2D eigenvalue weighted by molar-refractivity contribution is -0.137. The second-order valence-corrected chi connectivity index (χ2v) is 7.00. The van der Waals surface area contributed by atoms with E-state index in [4.69, 9.17) is 0 Å². The van der Waals surface area contributed by atoms with Gasteiger partial charge in [0.1, 0.15) is 5.82 Å². The van der Waals surface area contributed by atoms with Crippen LogP contribution < -0.4 is 5.32 Å². The smallest absolute Gasteiger partial charge is 0.351 e. The lowest BCUT2D eigenvalue weighted by Crippen LogP contribution is -2.46. The number of alkyl halides is 3. The fraction of sp³-hybridized carbons (Fsp3) is 0.381. The standard InChI is InChI=1S/C21H21F4NO/c22-18-10-3-2-9-17(18)20(11-4-1-5-12-20)19(27)26-14-15-7-6-8-16(13-15)21(23,24)25/h2-3,6-10,13H,1,4-5,11-12,14H2,(H,26,27). The van der Waals surface area contributed by atoms with E-state index in [1.54, 1.807) is 18.2 Å². The van der Waals surface area contributed by atoms with Crippen molar-refractivity contribution in [1.29, 1.82) is 0 Å². The van der Waals surface area contributed by atoms with Crippen LogP contribution in [-0.2, 0) is 22.9 Å². The fourth-order valence-corrected chi connectivity index (χ4v) is 3.83. The number of hydrogen-bond acceptors (Lipinski definition) is 1. The number of benzene rings is 2. The average molecular weight is 379 g/mol. The van der Waals surface area contributed by atoms with Crippen LogP contribution in [0.25, 0.3) is 0 Å². The molecule has 0 aromatic heterocycles. The van der Waals surface area contributed by atoms with Gasteiger partial charge in [-0.2, -0.15) is 13.2 Å². The molecule has 0 unspecified atom stereocenters. The Morgan fingerprint density at radius 2 is 1.70 bits per heavy atom. The van der Waals surface area contributed by atoms with Gasteiger partial charge in [-0.1, -0.05) is 49.6 Å². The number of carbonyl (C=O) groups excluding carboxylic acids is 1. The van der Waals surface area contributed by atoms with E-state index in [9.17, 15) is 22.4 Å². The molecule has 1 aliphatic rings. The molecule has 1 aliphatic carbocycles. The molecular weight excluding hydrogens is 358 g/mol. The Morgan fingerprint density at radius 1 is 1.00 bits per heavy atom. The van der Waals surface area contributed by atoms with E-state index in [-0.39, 0.29) is 12.5 Å². The quantitative estimate of drug-likeness (QED) is 0.712. The van der Waals surface area contributed by atoms with Crippen LogP contribution in [0.1, 0.15) is 48.8 Å². The van der Waals surface area contributed by atoms with Crippen LogP contribution in [0, 0.1) is 5.82 Å². The van der Waals surface area contributed by atoms with Gasteiger partial charge in [0.2, 0.25) is 5.91 Å². The van der Waals surface area contributed by atoms with Crippen molar-refractivity contribution in [3.05, 3.63) is 71.0 Å².